The van der Waals surface area contributed by atoms with Crippen LogP contribution in [0.1, 0.15) is 44.0 Å². The number of esters is 2. The minimum absolute atomic E-state index is 0.161. The summed E-state index contributed by atoms with van der Waals surface area (Å²) in [6.07, 6.45) is 1.46. The van der Waals surface area contributed by atoms with Crippen molar-refractivity contribution in [1.29, 1.82) is 0 Å². The number of carbonyl (C=O) groups is 2. The molecule has 0 heterocycles. The Balaban J connectivity index is 2.42. The smallest absolute Gasteiger partial charge is 0.338 e. The second kappa shape index (κ2) is 9.13. The predicted molar refractivity (Wildman–Crippen MR) is 78.4 cm³/mol. The highest BCUT2D eigenvalue weighted by molar-refractivity contribution is 5.89. The molecule has 0 aliphatic carbocycles. The van der Waals surface area contributed by atoms with Crippen LogP contribution >= 0.6 is 0 Å². The monoisotopic (exact) mass is 294 g/mol. The second-order valence-electron chi connectivity index (χ2n) is 4.67. The van der Waals surface area contributed by atoms with Crippen LogP contribution < -0.4 is 4.74 Å². The molecule has 0 saturated carbocycles. The van der Waals surface area contributed by atoms with Crippen LogP contribution in [0.15, 0.2) is 24.3 Å². The molecule has 0 aliphatic rings. The zero-order valence-electron chi connectivity index (χ0n) is 12.8. The highest BCUT2D eigenvalue weighted by Crippen LogP contribution is 2.14. The number of rotatable bonds is 8. The van der Waals surface area contributed by atoms with Crippen molar-refractivity contribution >= 4 is 11.9 Å². The maximum Gasteiger partial charge on any atom is 0.338 e. The van der Waals surface area contributed by atoms with Gasteiger partial charge in [-0.05, 0) is 51.0 Å². The number of benzene rings is 1. The fraction of sp³-hybridized carbons (Fsp3) is 0.500. The average molecular weight is 294 g/mol. The van der Waals surface area contributed by atoms with E-state index in [2.05, 4.69) is 0 Å². The normalized spacial score (nSPS) is 11.8. The lowest BCUT2D eigenvalue weighted by molar-refractivity contribution is -0.131. The van der Waals surface area contributed by atoms with Gasteiger partial charge in [0.15, 0.2) is 0 Å². The van der Waals surface area contributed by atoms with Crippen LogP contribution in [0.4, 0.5) is 0 Å². The van der Waals surface area contributed by atoms with Crippen LogP contribution in [0.5, 0.6) is 5.75 Å². The van der Waals surface area contributed by atoms with Gasteiger partial charge in [-0.2, -0.15) is 0 Å². The highest BCUT2D eigenvalue weighted by atomic mass is 16.5. The molecule has 0 spiro atoms. The van der Waals surface area contributed by atoms with Crippen molar-refractivity contribution in [3.63, 3.8) is 0 Å². The van der Waals surface area contributed by atoms with E-state index in [1.165, 1.54) is 6.92 Å². The first-order valence-corrected chi connectivity index (χ1v) is 7.10. The Hall–Kier alpha value is -1.88. The van der Waals surface area contributed by atoms with Gasteiger partial charge in [-0.15, -0.1) is 0 Å². The van der Waals surface area contributed by atoms with E-state index in [0.717, 1.165) is 12.8 Å². The van der Waals surface area contributed by atoms with E-state index >= 15 is 0 Å². The fourth-order valence-electron chi connectivity index (χ4n) is 1.75. The van der Waals surface area contributed by atoms with E-state index < -0.39 is 5.97 Å². The standard InChI is InChI=1S/C16H22O5/c1-4-19-11-5-6-12(2)20-16(18)14-7-9-15(10-8-14)21-13(3)17/h7-10,12H,4-6,11H2,1-3H3. The molecule has 1 atom stereocenters. The topological polar surface area (TPSA) is 61.8 Å². The van der Waals surface area contributed by atoms with Crippen LogP contribution in [0.3, 0.4) is 0 Å². The molecular weight excluding hydrogens is 272 g/mol. The molecule has 1 rings (SSSR count). The first-order valence-electron chi connectivity index (χ1n) is 7.10. The molecular formula is C16H22O5. The molecule has 1 aromatic rings. The van der Waals surface area contributed by atoms with E-state index in [1.807, 2.05) is 13.8 Å². The van der Waals surface area contributed by atoms with Gasteiger partial charge in [0, 0.05) is 20.1 Å². The molecule has 1 unspecified atom stereocenters. The van der Waals surface area contributed by atoms with Gasteiger partial charge < -0.3 is 14.2 Å². The van der Waals surface area contributed by atoms with Gasteiger partial charge in [-0.3, -0.25) is 4.79 Å². The molecule has 0 aromatic heterocycles. The molecule has 1 aromatic carbocycles. The average Bonchev–Trinajstić information content (AvgIpc) is 2.43. The van der Waals surface area contributed by atoms with E-state index in [0.29, 0.717) is 24.5 Å². The molecule has 0 amide bonds. The minimum atomic E-state index is -0.395. The summed E-state index contributed by atoms with van der Waals surface area (Å²) in [5, 5.41) is 0. The second-order valence-corrected chi connectivity index (χ2v) is 4.67. The lowest BCUT2D eigenvalue weighted by atomic mass is 10.2. The molecule has 0 bridgehead atoms. The van der Waals surface area contributed by atoms with Gasteiger partial charge >= 0.3 is 11.9 Å². The van der Waals surface area contributed by atoms with Crippen LogP contribution in [0.25, 0.3) is 0 Å². The summed E-state index contributed by atoms with van der Waals surface area (Å²) >= 11 is 0. The molecule has 0 saturated heterocycles. The summed E-state index contributed by atoms with van der Waals surface area (Å²) in [5.74, 6) is -0.370. The van der Waals surface area contributed by atoms with Gasteiger partial charge in [0.25, 0.3) is 0 Å². The summed E-state index contributed by atoms with van der Waals surface area (Å²) < 4.78 is 15.5. The zero-order valence-corrected chi connectivity index (χ0v) is 12.8. The minimum Gasteiger partial charge on any atom is -0.459 e. The van der Waals surface area contributed by atoms with Crippen molar-refractivity contribution in [2.24, 2.45) is 0 Å². The van der Waals surface area contributed by atoms with Gasteiger partial charge in [0.1, 0.15) is 5.75 Å². The molecule has 0 N–H and O–H groups in total. The van der Waals surface area contributed by atoms with Crippen LogP contribution in [-0.4, -0.2) is 31.3 Å². The molecule has 5 heteroatoms. The van der Waals surface area contributed by atoms with Crippen molar-refractivity contribution in [3.8, 4) is 5.75 Å². The lowest BCUT2D eigenvalue weighted by Crippen LogP contribution is -2.15. The third kappa shape index (κ3) is 6.90. The first kappa shape index (κ1) is 17.2. The molecule has 5 nitrogen and oxygen atoms in total. The summed E-state index contributed by atoms with van der Waals surface area (Å²) in [6, 6.07) is 6.29. The van der Waals surface area contributed by atoms with Gasteiger partial charge in [0.05, 0.1) is 11.7 Å². The van der Waals surface area contributed by atoms with Gasteiger partial charge in [-0.25, -0.2) is 4.79 Å². The summed E-state index contributed by atoms with van der Waals surface area (Å²) in [4.78, 5) is 22.7. The summed E-state index contributed by atoms with van der Waals surface area (Å²) in [5.41, 5.74) is 0.433. The summed E-state index contributed by atoms with van der Waals surface area (Å²) in [7, 11) is 0. The lowest BCUT2D eigenvalue weighted by Gasteiger charge is -2.13. The van der Waals surface area contributed by atoms with Crippen molar-refractivity contribution in [3.05, 3.63) is 29.8 Å². The fourth-order valence-corrected chi connectivity index (χ4v) is 1.75. The maximum atomic E-state index is 11.9. The maximum absolute atomic E-state index is 11.9. The molecule has 0 fully saturated rings. The van der Waals surface area contributed by atoms with Crippen molar-refractivity contribution < 1.29 is 23.8 Å². The van der Waals surface area contributed by atoms with Gasteiger partial charge in [-0.1, -0.05) is 0 Å². The van der Waals surface area contributed by atoms with Crippen molar-refractivity contribution in [2.75, 3.05) is 13.2 Å². The Morgan fingerprint density at radius 2 is 1.86 bits per heavy atom. The first-order chi connectivity index (χ1) is 10.0. The Labute approximate surface area is 125 Å². The third-order valence-electron chi connectivity index (χ3n) is 2.76. The van der Waals surface area contributed by atoms with Crippen molar-refractivity contribution in [1.82, 2.24) is 0 Å². The predicted octanol–water partition coefficient (Wildman–Crippen LogP) is 2.97. The molecule has 116 valence electrons. The molecule has 0 aliphatic heterocycles. The Morgan fingerprint density at radius 3 is 2.43 bits per heavy atom. The quantitative estimate of drug-likeness (QED) is 0.419. The third-order valence-corrected chi connectivity index (χ3v) is 2.76. The highest BCUT2D eigenvalue weighted by Gasteiger charge is 2.12. The zero-order chi connectivity index (χ0) is 15.7. The van der Waals surface area contributed by atoms with E-state index in [9.17, 15) is 9.59 Å². The largest absolute Gasteiger partial charge is 0.459 e. The Bertz CT molecular complexity index is 452. The number of hydrogen-bond donors (Lipinski definition) is 0. The van der Waals surface area contributed by atoms with E-state index in [4.69, 9.17) is 14.2 Å². The molecule has 0 radical (unpaired) electrons. The van der Waals surface area contributed by atoms with Crippen LogP contribution in [-0.2, 0) is 14.3 Å². The van der Waals surface area contributed by atoms with Crippen LogP contribution in [0.2, 0.25) is 0 Å². The Kier molecular flexibility index (Phi) is 7.46. The van der Waals surface area contributed by atoms with Gasteiger partial charge in [0.2, 0.25) is 0 Å². The Morgan fingerprint density at radius 1 is 1.19 bits per heavy atom. The number of carbonyl (C=O) groups excluding carboxylic acids is 2. The molecule has 21 heavy (non-hydrogen) atoms. The van der Waals surface area contributed by atoms with E-state index in [-0.39, 0.29) is 12.1 Å². The van der Waals surface area contributed by atoms with Crippen LogP contribution in [0, 0.1) is 0 Å². The number of ether oxygens (including phenoxy) is 3. The SMILES string of the molecule is CCOCCCC(C)OC(=O)c1ccc(OC(C)=O)cc1. The van der Waals surface area contributed by atoms with E-state index in [1.54, 1.807) is 24.3 Å². The van der Waals surface area contributed by atoms with Crippen molar-refractivity contribution in [2.45, 2.75) is 39.7 Å². The number of hydrogen-bond acceptors (Lipinski definition) is 5. The summed E-state index contributed by atoms with van der Waals surface area (Å²) in [6.45, 7) is 6.50.